The number of thiazole rings is 1. The summed E-state index contributed by atoms with van der Waals surface area (Å²) >= 11 is 4.70. The van der Waals surface area contributed by atoms with Crippen molar-refractivity contribution in [3.8, 4) is 11.3 Å². The highest BCUT2D eigenvalue weighted by Crippen LogP contribution is 2.28. The van der Waals surface area contributed by atoms with Gasteiger partial charge in [-0.2, -0.15) is 10.1 Å². The summed E-state index contributed by atoms with van der Waals surface area (Å²) in [6.07, 6.45) is 1.46. The number of amides is 1. The molecular weight excluding hydrogens is 432 g/mol. The molecule has 0 aliphatic rings. The number of anilines is 1. The normalized spacial score (nSPS) is 10.9. The van der Waals surface area contributed by atoms with Crippen LogP contribution in [-0.2, 0) is 4.79 Å². The maximum Gasteiger partial charge on any atom is 0.269 e. The summed E-state index contributed by atoms with van der Waals surface area (Å²) in [4.78, 5) is 26.7. The van der Waals surface area contributed by atoms with Crippen molar-refractivity contribution >= 4 is 50.2 Å². The summed E-state index contributed by atoms with van der Waals surface area (Å²) in [6, 6.07) is 13.6. The number of nitro benzene ring substituents is 1. The maximum atomic E-state index is 12.0. The maximum absolute atomic E-state index is 12.0. The number of nitro groups is 1. The molecule has 0 radical (unpaired) electrons. The van der Waals surface area contributed by atoms with Crippen molar-refractivity contribution in [2.75, 3.05) is 5.01 Å². The zero-order valence-corrected chi connectivity index (χ0v) is 16.5. The van der Waals surface area contributed by atoms with E-state index >= 15 is 0 Å². The third kappa shape index (κ3) is 4.63. The van der Waals surface area contributed by atoms with Crippen LogP contribution in [0.1, 0.15) is 12.5 Å². The number of halogens is 1. The Balaban J connectivity index is 1.82. The number of benzene rings is 2. The van der Waals surface area contributed by atoms with Crippen LogP contribution in [0, 0.1) is 10.1 Å². The van der Waals surface area contributed by atoms with Crippen molar-refractivity contribution < 1.29 is 9.72 Å². The first-order chi connectivity index (χ1) is 12.9. The monoisotopic (exact) mass is 444 g/mol. The van der Waals surface area contributed by atoms with Gasteiger partial charge in [0.2, 0.25) is 11.0 Å². The smallest absolute Gasteiger partial charge is 0.269 e. The summed E-state index contributed by atoms with van der Waals surface area (Å²) in [5.74, 6) is -0.287. The molecule has 0 unspecified atom stereocenters. The molecule has 136 valence electrons. The van der Waals surface area contributed by atoms with Crippen molar-refractivity contribution in [1.82, 2.24) is 4.98 Å². The van der Waals surface area contributed by atoms with Crippen LogP contribution < -0.4 is 5.01 Å². The molecule has 7 nitrogen and oxygen atoms in total. The lowest BCUT2D eigenvalue weighted by atomic mass is 10.2. The van der Waals surface area contributed by atoms with E-state index in [2.05, 4.69) is 26.0 Å². The Morgan fingerprint density at radius 1 is 1.22 bits per heavy atom. The van der Waals surface area contributed by atoms with Crippen LogP contribution in [-0.4, -0.2) is 22.0 Å². The van der Waals surface area contributed by atoms with Crippen molar-refractivity contribution in [2.24, 2.45) is 5.10 Å². The van der Waals surface area contributed by atoms with Crippen LogP contribution in [0.4, 0.5) is 10.8 Å². The van der Waals surface area contributed by atoms with Crippen LogP contribution in [0.5, 0.6) is 0 Å². The fourth-order valence-electron chi connectivity index (χ4n) is 2.19. The second kappa shape index (κ2) is 8.19. The molecule has 1 aromatic heterocycles. The Bertz CT molecular complexity index is 1000. The van der Waals surface area contributed by atoms with Gasteiger partial charge < -0.3 is 0 Å². The highest BCUT2D eigenvalue weighted by molar-refractivity contribution is 9.10. The van der Waals surface area contributed by atoms with Crippen LogP contribution >= 0.6 is 27.3 Å². The summed E-state index contributed by atoms with van der Waals surface area (Å²) in [7, 11) is 0. The average Bonchev–Trinajstić information content (AvgIpc) is 3.12. The highest BCUT2D eigenvalue weighted by Gasteiger charge is 2.15. The average molecular weight is 445 g/mol. The van der Waals surface area contributed by atoms with E-state index in [1.807, 2.05) is 29.6 Å². The molecule has 0 bridgehead atoms. The standard InChI is InChI=1S/C18H13BrN4O3S/c1-12(24)22(20-10-13-2-8-16(9-3-13)23(25)26)18-21-17(11-27-18)14-4-6-15(19)7-5-14/h2-11H,1H3/b20-10+. The van der Waals surface area contributed by atoms with E-state index in [0.717, 1.165) is 15.7 Å². The zero-order valence-electron chi connectivity index (χ0n) is 14.1. The highest BCUT2D eigenvalue weighted by atomic mass is 79.9. The van der Waals surface area contributed by atoms with E-state index in [-0.39, 0.29) is 11.6 Å². The van der Waals surface area contributed by atoms with Crippen molar-refractivity contribution in [3.05, 3.63) is 74.1 Å². The lowest BCUT2D eigenvalue weighted by Crippen LogP contribution is -2.22. The van der Waals surface area contributed by atoms with E-state index in [4.69, 9.17) is 0 Å². The topological polar surface area (TPSA) is 88.7 Å². The van der Waals surface area contributed by atoms with Gasteiger partial charge in [-0.1, -0.05) is 28.1 Å². The Hall–Kier alpha value is -2.91. The fraction of sp³-hybridized carbons (Fsp3) is 0.0556. The predicted octanol–water partition coefficient (Wildman–Crippen LogP) is 4.87. The number of nitrogens with zero attached hydrogens (tertiary/aromatic N) is 4. The SMILES string of the molecule is CC(=O)N(/N=C/c1ccc([N+](=O)[O-])cc1)c1nc(-c2ccc(Br)cc2)cs1. The van der Waals surface area contributed by atoms with Gasteiger partial charge in [-0.25, -0.2) is 4.98 Å². The first-order valence-electron chi connectivity index (χ1n) is 7.74. The molecule has 1 heterocycles. The van der Waals surface area contributed by atoms with E-state index < -0.39 is 4.92 Å². The quantitative estimate of drug-likeness (QED) is 0.319. The Kier molecular flexibility index (Phi) is 5.72. The molecule has 0 fully saturated rings. The number of rotatable bonds is 5. The summed E-state index contributed by atoms with van der Waals surface area (Å²) < 4.78 is 0.972. The van der Waals surface area contributed by atoms with Crippen molar-refractivity contribution in [3.63, 3.8) is 0 Å². The number of hydrazone groups is 1. The Morgan fingerprint density at radius 2 is 1.89 bits per heavy atom. The molecule has 0 aliphatic carbocycles. The molecule has 27 heavy (non-hydrogen) atoms. The van der Waals surface area contributed by atoms with Gasteiger partial charge in [0, 0.05) is 34.5 Å². The minimum Gasteiger partial charge on any atom is -0.273 e. The number of carbonyl (C=O) groups excluding carboxylic acids is 1. The Morgan fingerprint density at radius 3 is 2.48 bits per heavy atom. The van der Waals surface area contributed by atoms with Gasteiger partial charge in [0.05, 0.1) is 16.8 Å². The number of hydrogen-bond acceptors (Lipinski definition) is 6. The molecule has 0 saturated carbocycles. The predicted molar refractivity (Wildman–Crippen MR) is 109 cm³/mol. The van der Waals surface area contributed by atoms with Crippen LogP contribution in [0.25, 0.3) is 11.3 Å². The second-order valence-corrected chi connectivity index (χ2v) is 7.20. The molecule has 0 spiro atoms. The van der Waals surface area contributed by atoms with Gasteiger partial charge in [-0.15, -0.1) is 11.3 Å². The van der Waals surface area contributed by atoms with E-state index in [1.54, 1.807) is 12.1 Å². The molecule has 0 N–H and O–H groups in total. The first-order valence-corrected chi connectivity index (χ1v) is 9.42. The number of carbonyl (C=O) groups is 1. The largest absolute Gasteiger partial charge is 0.273 e. The molecule has 0 atom stereocenters. The van der Waals surface area contributed by atoms with E-state index in [1.165, 1.54) is 41.6 Å². The van der Waals surface area contributed by atoms with Gasteiger partial charge in [0.25, 0.3) is 5.69 Å². The minimum absolute atomic E-state index is 0.00497. The minimum atomic E-state index is -0.470. The van der Waals surface area contributed by atoms with E-state index in [9.17, 15) is 14.9 Å². The number of aromatic nitrogens is 1. The van der Waals surface area contributed by atoms with E-state index in [0.29, 0.717) is 10.7 Å². The second-order valence-electron chi connectivity index (χ2n) is 5.45. The molecule has 2 aromatic carbocycles. The van der Waals surface area contributed by atoms with Crippen LogP contribution in [0.15, 0.2) is 63.5 Å². The molecule has 0 saturated heterocycles. The van der Waals surface area contributed by atoms with Gasteiger partial charge in [0.1, 0.15) is 0 Å². The van der Waals surface area contributed by atoms with Gasteiger partial charge >= 0.3 is 0 Å². The van der Waals surface area contributed by atoms with Crippen LogP contribution in [0.2, 0.25) is 0 Å². The molecule has 3 rings (SSSR count). The molecule has 9 heteroatoms. The van der Waals surface area contributed by atoms with Crippen molar-refractivity contribution in [2.45, 2.75) is 6.92 Å². The summed E-state index contributed by atoms with van der Waals surface area (Å²) in [5, 5.41) is 18.4. The van der Waals surface area contributed by atoms with Crippen LogP contribution in [0.3, 0.4) is 0 Å². The van der Waals surface area contributed by atoms with Crippen molar-refractivity contribution in [1.29, 1.82) is 0 Å². The number of non-ortho nitro benzene ring substituents is 1. The fourth-order valence-corrected chi connectivity index (χ4v) is 3.28. The lowest BCUT2D eigenvalue weighted by molar-refractivity contribution is -0.384. The third-order valence-electron chi connectivity index (χ3n) is 3.54. The van der Waals surface area contributed by atoms with Gasteiger partial charge in [-0.3, -0.25) is 14.9 Å². The lowest BCUT2D eigenvalue weighted by Gasteiger charge is -2.10. The zero-order chi connectivity index (χ0) is 19.4. The summed E-state index contributed by atoms with van der Waals surface area (Å²) in [5.41, 5.74) is 2.31. The molecule has 3 aromatic rings. The van der Waals surface area contributed by atoms with Gasteiger partial charge in [0.15, 0.2) is 0 Å². The number of hydrogen-bond donors (Lipinski definition) is 0. The molecule has 1 amide bonds. The van der Waals surface area contributed by atoms with Gasteiger partial charge in [-0.05, 0) is 29.8 Å². The summed E-state index contributed by atoms with van der Waals surface area (Å²) in [6.45, 7) is 1.40. The first kappa shape index (κ1) is 18.9. The molecular formula is C18H13BrN4O3S. The molecule has 0 aliphatic heterocycles. The Labute approximate surface area is 167 Å². The third-order valence-corrected chi connectivity index (χ3v) is 4.88.